The Morgan fingerprint density at radius 3 is 3.00 bits per heavy atom. The standard InChI is InChI=1S/C12H17N/c1-2-12(13)11-8-4-6-9-5-3-7-10(9)11/h4,6,8,12H,2-3,5,7,13H2,1H3/t12-/m0/s1. The van der Waals surface area contributed by atoms with Crippen molar-refractivity contribution in [2.45, 2.75) is 38.6 Å². The van der Waals surface area contributed by atoms with E-state index in [0.29, 0.717) is 0 Å². The highest BCUT2D eigenvalue weighted by atomic mass is 14.6. The molecule has 1 aliphatic carbocycles. The van der Waals surface area contributed by atoms with Crippen LogP contribution in [0.1, 0.15) is 42.5 Å². The summed E-state index contributed by atoms with van der Waals surface area (Å²) in [5.41, 5.74) is 10.5. The molecule has 0 radical (unpaired) electrons. The van der Waals surface area contributed by atoms with Crippen LogP contribution in [0.4, 0.5) is 0 Å². The smallest absolute Gasteiger partial charge is 0.0295 e. The summed E-state index contributed by atoms with van der Waals surface area (Å²) in [6.07, 6.45) is 4.83. The van der Waals surface area contributed by atoms with Gasteiger partial charge in [-0.05, 0) is 42.4 Å². The van der Waals surface area contributed by atoms with Crippen molar-refractivity contribution in [1.82, 2.24) is 0 Å². The third-order valence-corrected chi connectivity index (χ3v) is 3.02. The van der Waals surface area contributed by atoms with E-state index in [1.807, 2.05) is 0 Å². The quantitative estimate of drug-likeness (QED) is 0.734. The molecule has 2 N–H and O–H groups in total. The van der Waals surface area contributed by atoms with Gasteiger partial charge in [0.25, 0.3) is 0 Å². The predicted molar refractivity (Wildman–Crippen MR) is 55.7 cm³/mol. The maximum absolute atomic E-state index is 6.07. The zero-order valence-corrected chi connectivity index (χ0v) is 8.22. The van der Waals surface area contributed by atoms with E-state index in [9.17, 15) is 0 Å². The summed E-state index contributed by atoms with van der Waals surface area (Å²) in [5, 5.41) is 0. The molecule has 0 spiro atoms. The topological polar surface area (TPSA) is 26.0 Å². The van der Waals surface area contributed by atoms with Gasteiger partial charge >= 0.3 is 0 Å². The summed E-state index contributed by atoms with van der Waals surface area (Å²) in [4.78, 5) is 0. The minimum Gasteiger partial charge on any atom is -0.324 e. The Labute approximate surface area is 80.0 Å². The number of aryl methyl sites for hydroxylation is 1. The van der Waals surface area contributed by atoms with Crippen LogP contribution < -0.4 is 5.73 Å². The zero-order chi connectivity index (χ0) is 9.26. The van der Waals surface area contributed by atoms with Crippen molar-refractivity contribution in [2.24, 2.45) is 5.73 Å². The average Bonchev–Trinajstić information content (AvgIpc) is 2.63. The van der Waals surface area contributed by atoms with E-state index < -0.39 is 0 Å². The van der Waals surface area contributed by atoms with Crippen LogP contribution in [0.3, 0.4) is 0 Å². The molecular formula is C12H17N. The van der Waals surface area contributed by atoms with Crippen molar-refractivity contribution in [3.8, 4) is 0 Å². The summed E-state index contributed by atoms with van der Waals surface area (Å²) in [6, 6.07) is 6.83. The van der Waals surface area contributed by atoms with Crippen molar-refractivity contribution in [3.05, 3.63) is 34.9 Å². The lowest BCUT2D eigenvalue weighted by atomic mass is 9.96. The Morgan fingerprint density at radius 2 is 2.23 bits per heavy atom. The molecule has 2 rings (SSSR count). The summed E-state index contributed by atoms with van der Waals surface area (Å²) >= 11 is 0. The van der Waals surface area contributed by atoms with Crippen LogP contribution in [0.5, 0.6) is 0 Å². The first-order valence-electron chi connectivity index (χ1n) is 5.19. The van der Waals surface area contributed by atoms with Gasteiger partial charge in [-0.2, -0.15) is 0 Å². The lowest BCUT2D eigenvalue weighted by Gasteiger charge is -2.13. The van der Waals surface area contributed by atoms with Gasteiger partial charge in [0.1, 0.15) is 0 Å². The molecular weight excluding hydrogens is 158 g/mol. The van der Waals surface area contributed by atoms with Gasteiger partial charge in [-0.25, -0.2) is 0 Å². The number of benzene rings is 1. The second-order valence-corrected chi connectivity index (χ2v) is 3.85. The van der Waals surface area contributed by atoms with E-state index in [2.05, 4.69) is 25.1 Å². The van der Waals surface area contributed by atoms with Crippen molar-refractivity contribution in [1.29, 1.82) is 0 Å². The zero-order valence-electron chi connectivity index (χ0n) is 8.22. The first-order valence-corrected chi connectivity index (χ1v) is 5.19. The fraction of sp³-hybridized carbons (Fsp3) is 0.500. The predicted octanol–water partition coefficient (Wildman–Crippen LogP) is 2.59. The molecule has 1 heteroatoms. The van der Waals surface area contributed by atoms with Gasteiger partial charge in [0, 0.05) is 6.04 Å². The van der Waals surface area contributed by atoms with Crippen LogP contribution in [0, 0.1) is 0 Å². The Kier molecular flexibility index (Phi) is 2.36. The Morgan fingerprint density at radius 1 is 1.38 bits per heavy atom. The van der Waals surface area contributed by atoms with Crippen LogP contribution >= 0.6 is 0 Å². The van der Waals surface area contributed by atoms with Gasteiger partial charge in [0.05, 0.1) is 0 Å². The molecule has 1 aliphatic rings. The van der Waals surface area contributed by atoms with Gasteiger partial charge < -0.3 is 5.73 Å². The highest BCUT2D eigenvalue weighted by Crippen LogP contribution is 2.29. The number of fused-ring (bicyclic) bond motifs is 1. The van der Waals surface area contributed by atoms with Crippen molar-refractivity contribution in [2.75, 3.05) is 0 Å². The van der Waals surface area contributed by atoms with Crippen LogP contribution in [-0.4, -0.2) is 0 Å². The van der Waals surface area contributed by atoms with Crippen LogP contribution in [0.2, 0.25) is 0 Å². The van der Waals surface area contributed by atoms with Gasteiger partial charge in [-0.3, -0.25) is 0 Å². The maximum Gasteiger partial charge on any atom is 0.0295 e. The SMILES string of the molecule is CC[C@H](N)c1cccc2c1CCC2. The highest BCUT2D eigenvalue weighted by Gasteiger charge is 2.16. The van der Waals surface area contributed by atoms with E-state index in [-0.39, 0.29) is 6.04 Å². The second-order valence-electron chi connectivity index (χ2n) is 3.85. The summed E-state index contributed by atoms with van der Waals surface area (Å²) in [7, 11) is 0. The monoisotopic (exact) mass is 175 g/mol. The molecule has 1 aromatic rings. The van der Waals surface area contributed by atoms with E-state index in [1.54, 1.807) is 0 Å². The lowest BCUT2D eigenvalue weighted by Crippen LogP contribution is -2.11. The van der Waals surface area contributed by atoms with E-state index in [1.165, 1.54) is 36.0 Å². The molecule has 0 heterocycles. The number of rotatable bonds is 2. The van der Waals surface area contributed by atoms with E-state index in [0.717, 1.165) is 6.42 Å². The van der Waals surface area contributed by atoms with Crippen molar-refractivity contribution >= 4 is 0 Å². The largest absolute Gasteiger partial charge is 0.324 e. The maximum atomic E-state index is 6.07. The van der Waals surface area contributed by atoms with Crippen molar-refractivity contribution in [3.63, 3.8) is 0 Å². The molecule has 70 valence electrons. The van der Waals surface area contributed by atoms with E-state index >= 15 is 0 Å². The summed E-state index contributed by atoms with van der Waals surface area (Å²) in [5.74, 6) is 0. The molecule has 0 aromatic heterocycles. The number of hydrogen-bond acceptors (Lipinski definition) is 1. The Bertz CT molecular complexity index is 304. The lowest BCUT2D eigenvalue weighted by molar-refractivity contribution is 0.690. The normalized spacial score (nSPS) is 17.1. The van der Waals surface area contributed by atoms with Gasteiger partial charge in [-0.1, -0.05) is 25.1 Å². The molecule has 1 aromatic carbocycles. The van der Waals surface area contributed by atoms with Gasteiger partial charge in [-0.15, -0.1) is 0 Å². The third kappa shape index (κ3) is 1.49. The second kappa shape index (κ2) is 3.51. The minimum absolute atomic E-state index is 0.244. The molecule has 1 atom stereocenters. The van der Waals surface area contributed by atoms with Crippen LogP contribution in [0.25, 0.3) is 0 Å². The van der Waals surface area contributed by atoms with Gasteiger partial charge in [0.15, 0.2) is 0 Å². The molecule has 0 bridgehead atoms. The fourth-order valence-electron chi connectivity index (χ4n) is 2.22. The number of hydrogen-bond donors (Lipinski definition) is 1. The Balaban J connectivity index is 2.41. The molecule has 0 unspecified atom stereocenters. The summed E-state index contributed by atoms with van der Waals surface area (Å²) in [6.45, 7) is 2.15. The first kappa shape index (κ1) is 8.76. The average molecular weight is 175 g/mol. The van der Waals surface area contributed by atoms with Crippen molar-refractivity contribution < 1.29 is 0 Å². The first-order chi connectivity index (χ1) is 6.33. The summed E-state index contributed by atoms with van der Waals surface area (Å²) < 4.78 is 0. The molecule has 0 saturated carbocycles. The Hall–Kier alpha value is -0.820. The van der Waals surface area contributed by atoms with Crippen LogP contribution in [-0.2, 0) is 12.8 Å². The number of nitrogens with two attached hydrogens (primary N) is 1. The van der Waals surface area contributed by atoms with Crippen LogP contribution in [0.15, 0.2) is 18.2 Å². The van der Waals surface area contributed by atoms with Gasteiger partial charge in [0.2, 0.25) is 0 Å². The van der Waals surface area contributed by atoms with E-state index in [4.69, 9.17) is 5.73 Å². The molecule has 0 saturated heterocycles. The minimum atomic E-state index is 0.244. The third-order valence-electron chi connectivity index (χ3n) is 3.02. The molecule has 0 fully saturated rings. The highest BCUT2D eigenvalue weighted by molar-refractivity contribution is 5.40. The molecule has 0 amide bonds. The molecule has 0 aliphatic heterocycles. The fourth-order valence-corrected chi connectivity index (χ4v) is 2.22. The molecule has 13 heavy (non-hydrogen) atoms. The molecule has 1 nitrogen and oxygen atoms in total.